The molecule has 134 valence electrons. The maximum Gasteiger partial charge on any atom is 0.230 e. The summed E-state index contributed by atoms with van der Waals surface area (Å²) in [5.41, 5.74) is 1.93. The van der Waals surface area contributed by atoms with Crippen LogP contribution in [0.25, 0.3) is 0 Å². The van der Waals surface area contributed by atoms with Crippen LogP contribution >= 0.6 is 34.7 Å². The van der Waals surface area contributed by atoms with Gasteiger partial charge in [0.05, 0.1) is 11.8 Å². The molecule has 3 rings (SSSR count). The molecule has 5 nitrogen and oxygen atoms in total. The summed E-state index contributed by atoms with van der Waals surface area (Å²) in [5.74, 6) is 0.258. The Bertz CT molecular complexity index is 872. The minimum Gasteiger partial charge on any atom is -0.349 e. The van der Waals surface area contributed by atoms with Gasteiger partial charge in [-0.3, -0.25) is 4.79 Å². The molecule has 26 heavy (non-hydrogen) atoms. The Morgan fingerprint density at radius 3 is 2.77 bits per heavy atom. The molecule has 0 saturated carbocycles. The van der Waals surface area contributed by atoms with Crippen molar-refractivity contribution in [2.45, 2.75) is 17.3 Å². The number of nitrogens with one attached hydrogen (secondary N) is 2. The Labute approximate surface area is 165 Å². The highest BCUT2D eigenvalue weighted by Crippen LogP contribution is 2.28. The maximum absolute atomic E-state index is 12.1. The van der Waals surface area contributed by atoms with Crippen molar-refractivity contribution in [3.05, 3.63) is 65.2 Å². The van der Waals surface area contributed by atoms with Gasteiger partial charge in [-0.2, -0.15) is 0 Å². The minimum absolute atomic E-state index is 0.0289. The van der Waals surface area contributed by atoms with E-state index in [2.05, 4.69) is 20.8 Å². The summed E-state index contributed by atoms with van der Waals surface area (Å²) in [4.78, 5) is 12.1. The van der Waals surface area contributed by atoms with Crippen LogP contribution in [-0.2, 0) is 4.79 Å². The van der Waals surface area contributed by atoms with Crippen molar-refractivity contribution in [1.82, 2.24) is 15.5 Å². The van der Waals surface area contributed by atoms with Crippen molar-refractivity contribution < 1.29 is 4.79 Å². The number of thioether (sulfide) groups is 1. The molecule has 0 aliphatic rings. The lowest BCUT2D eigenvalue weighted by Crippen LogP contribution is -2.28. The second-order valence-electron chi connectivity index (χ2n) is 5.50. The minimum atomic E-state index is -0.0362. The van der Waals surface area contributed by atoms with Gasteiger partial charge in [-0.1, -0.05) is 71.1 Å². The maximum atomic E-state index is 12.1. The molecule has 2 N–H and O–H groups in total. The molecule has 3 aromatic rings. The average Bonchev–Trinajstić information content (AvgIpc) is 3.08. The molecule has 1 heterocycles. The zero-order chi connectivity index (χ0) is 18.4. The predicted octanol–water partition coefficient (Wildman–Crippen LogP) is 4.90. The van der Waals surface area contributed by atoms with Gasteiger partial charge in [-0.15, -0.1) is 10.2 Å². The van der Waals surface area contributed by atoms with Gasteiger partial charge < -0.3 is 10.6 Å². The molecule has 2 aromatic carbocycles. The zero-order valence-electron chi connectivity index (χ0n) is 14.0. The predicted molar refractivity (Wildman–Crippen MR) is 108 cm³/mol. The molecule has 0 fully saturated rings. The number of aromatic nitrogens is 2. The van der Waals surface area contributed by atoms with E-state index in [0.717, 1.165) is 15.6 Å². The highest BCUT2D eigenvalue weighted by molar-refractivity contribution is 8.01. The van der Waals surface area contributed by atoms with E-state index in [1.165, 1.54) is 23.1 Å². The van der Waals surface area contributed by atoms with E-state index in [1.807, 2.05) is 61.5 Å². The standard InChI is InChI=1S/C18H17ClN4OS2/c1-12(13-6-3-2-4-7-13)20-16(24)11-25-18-23-22-17(26-18)21-15-9-5-8-14(19)10-15/h2-10,12H,11H2,1H3,(H,20,24)(H,21,22)/t12-/m0/s1. The van der Waals surface area contributed by atoms with Crippen molar-refractivity contribution in [3.63, 3.8) is 0 Å². The van der Waals surface area contributed by atoms with Gasteiger partial charge in [0.1, 0.15) is 0 Å². The summed E-state index contributed by atoms with van der Waals surface area (Å²) in [5, 5.41) is 15.6. The van der Waals surface area contributed by atoms with Gasteiger partial charge in [0, 0.05) is 10.7 Å². The van der Waals surface area contributed by atoms with E-state index in [-0.39, 0.29) is 11.9 Å². The Morgan fingerprint density at radius 2 is 2.00 bits per heavy atom. The van der Waals surface area contributed by atoms with E-state index in [4.69, 9.17) is 11.6 Å². The van der Waals surface area contributed by atoms with Crippen LogP contribution in [0.5, 0.6) is 0 Å². The summed E-state index contributed by atoms with van der Waals surface area (Å²) in [7, 11) is 0. The number of hydrogen-bond donors (Lipinski definition) is 2. The molecular formula is C18H17ClN4OS2. The molecule has 0 radical (unpaired) electrons. The summed E-state index contributed by atoms with van der Waals surface area (Å²) >= 11 is 8.73. The quantitative estimate of drug-likeness (QED) is 0.548. The summed E-state index contributed by atoms with van der Waals surface area (Å²) in [6.07, 6.45) is 0. The monoisotopic (exact) mass is 404 g/mol. The SMILES string of the molecule is C[C@H](NC(=O)CSc1nnc(Nc2cccc(Cl)c2)s1)c1ccccc1. The van der Waals surface area contributed by atoms with Crippen LogP contribution in [0.15, 0.2) is 58.9 Å². The molecule has 1 aromatic heterocycles. The molecule has 0 bridgehead atoms. The molecule has 0 saturated heterocycles. The number of carbonyl (C=O) groups is 1. The van der Waals surface area contributed by atoms with Crippen LogP contribution in [0.1, 0.15) is 18.5 Å². The number of rotatable bonds is 7. The number of nitrogens with zero attached hydrogens (tertiary/aromatic N) is 2. The van der Waals surface area contributed by atoms with Gasteiger partial charge in [-0.25, -0.2) is 0 Å². The highest BCUT2D eigenvalue weighted by atomic mass is 35.5. The fraction of sp³-hybridized carbons (Fsp3) is 0.167. The number of benzene rings is 2. The molecule has 0 aliphatic carbocycles. The smallest absolute Gasteiger partial charge is 0.230 e. The number of hydrogen-bond acceptors (Lipinski definition) is 6. The van der Waals surface area contributed by atoms with Gasteiger partial charge in [0.2, 0.25) is 11.0 Å². The van der Waals surface area contributed by atoms with Gasteiger partial charge >= 0.3 is 0 Å². The lowest BCUT2D eigenvalue weighted by molar-refractivity contribution is -0.119. The number of anilines is 2. The van der Waals surface area contributed by atoms with Crippen LogP contribution in [0, 0.1) is 0 Å². The first-order chi connectivity index (χ1) is 12.6. The van der Waals surface area contributed by atoms with Gasteiger partial charge in [0.15, 0.2) is 4.34 Å². The second-order valence-corrected chi connectivity index (χ2v) is 8.13. The molecule has 8 heteroatoms. The van der Waals surface area contributed by atoms with Crippen molar-refractivity contribution in [2.75, 3.05) is 11.1 Å². The van der Waals surface area contributed by atoms with Crippen molar-refractivity contribution in [1.29, 1.82) is 0 Å². The van der Waals surface area contributed by atoms with Crippen molar-refractivity contribution >= 4 is 51.4 Å². The zero-order valence-corrected chi connectivity index (χ0v) is 16.4. The molecular weight excluding hydrogens is 388 g/mol. The highest BCUT2D eigenvalue weighted by Gasteiger charge is 2.12. The van der Waals surface area contributed by atoms with Crippen LogP contribution in [0.4, 0.5) is 10.8 Å². The van der Waals surface area contributed by atoms with Crippen molar-refractivity contribution in [3.8, 4) is 0 Å². The normalized spacial score (nSPS) is 11.8. The first kappa shape index (κ1) is 18.7. The third-order valence-electron chi connectivity index (χ3n) is 3.49. The summed E-state index contributed by atoms with van der Waals surface area (Å²) in [6, 6.07) is 17.2. The van der Waals surface area contributed by atoms with E-state index in [9.17, 15) is 4.79 Å². The largest absolute Gasteiger partial charge is 0.349 e. The summed E-state index contributed by atoms with van der Waals surface area (Å²) in [6.45, 7) is 1.97. The number of carbonyl (C=O) groups excluding carboxylic acids is 1. The Morgan fingerprint density at radius 1 is 1.19 bits per heavy atom. The molecule has 1 amide bonds. The average molecular weight is 405 g/mol. The molecule has 0 spiro atoms. The lowest BCUT2D eigenvalue weighted by atomic mass is 10.1. The van der Waals surface area contributed by atoms with Crippen LogP contribution < -0.4 is 10.6 Å². The number of amides is 1. The van der Waals surface area contributed by atoms with Gasteiger partial charge in [0.25, 0.3) is 0 Å². The van der Waals surface area contributed by atoms with Crippen LogP contribution in [-0.4, -0.2) is 21.9 Å². The Kier molecular flexibility index (Phi) is 6.49. The fourth-order valence-corrected chi connectivity index (χ4v) is 4.02. The third kappa shape index (κ3) is 5.45. The van der Waals surface area contributed by atoms with Crippen molar-refractivity contribution in [2.24, 2.45) is 0 Å². The van der Waals surface area contributed by atoms with Gasteiger partial charge in [-0.05, 0) is 30.7 Å². The van der Waals surface area contributed by atoms with E-state index >= 15 is 0 Å². The molecule has 0 aliphatic heterocycles. The Hall–Kier alpha value is -2.09. The van der Waals surface area contributed by atoms with E-state index in [0.29, 0.717) is 15.9 Å². The van der Waals surface area contributed by atoms with E-state index in [1.54, 1.807) is 0 Å². The molecule has 0 unspecified atom stereocenters. The summed E-state index contributed by atoms with van der Waals surface area (Å²) < 4.78 is 0.733. The lowest BCUT2D eigenvalue weighted by Gasteiger charge is -2.13. The second kappa shape index (κ2) is 9.02. The van der Waals surface area contributed by atoms with E-state index < -0.39 is 0 Å². The fourth-order valence-electron chi connectivity index (χ4n) is 2.24. The topological polar surface area (TPSA) is 66.9 Å². The molecule has 1 atom stereocenters. The Balaban J connectivity index is 1.49. The first-order valence-electron chi connectivity index (χ1n) is 7.93. The van der Waals surface area contributed by atoms with Crippen LogP contribution in [0.2, 0.25) is 5.02 Å². The van der Waals surface area contributed by atoms with Crippen LogP contribution in [0.3, 0.4) is 0 Å². The third-order valence-corrected chi connectivity index (χ3v) is 5.69. The number of halogens is 1. The first-order valence-corrected chi connectivity index (χ1v) is 10.1.